The predicted octanol–water partition coefficient (Wildman–Crippen LogP) is 3.65. The van der Waals surface area contributed by atoms with Gasteiger partial charge in [-0.25, -0.2) is 0 Å². The van der Waals surface area contributed by atoms with Gasteiger partial charge < -0.3 is 4.84 Å². The van der Waals surface area contributed by atoms with Crippen LogP contribution >= 0.6 is 0 Å². The van der Waals surface area contributed by atoms with E-state index in [4.69, 9.17) is 4.84 Å². The van der Waals surface area contributed by atoms with Crippen molar-refractivity contribution in [2.75, 3.05) is 6.54 Å². The molecule has 0 atom stereocenters. The fraction of sp³-hybridized carbons (Fsp3) is 0.200. The third kappa shape index (κ3) is 3.33. The molecule has 2 rings (SSSR count). The van der Waals surface area contributed by atoms with Gasteiger partial charge >= 0.3 is 0 Å². The van der Waals surface area contributed by atoms with Crippen LogP contribution in [0.15, 0.2) is 54.6 Å². The van der Waals surface area contributed by atoms with E-state index in [1.165, 1.54) is 11.1 Å². The molecule has 0 aliphatic rings. The van der Waals surface area contributed by atoms with E-state index in [1.807, 2.05) is 36.4 Å². The van der Waals surface area contributed by atoms with Gasteiger partial charge in [-0.1, -0.05) is 49.4 Å². The van der Waals surface area contributed by atoms with Crippen molar-refractivity contribution in [2.24, 2.45) is 0 Å². The highest BCUT2D eigenvalue weighted by Crippen LogP contribution is 2.23. The summed E-state index contributed by atoms with van der Waals surface area (Å²) in [6.07, 6.45) is 1.05. The van der Waals surface area contributed by atoms with Crippen molar-refractivity contribution < 1.29 is 4.84 Å². The van der Waals surface area contributed by atoms with Crippen LogP contribution in [0.5, 0.6) is 5.75 Å². The molecule has 0 saturated carbocycles. The van der Waals surface area contributed by atoms with Crippen molar-refractivity contribution in [2.45, 2.75) is 13.3 Å². The van der Waals surface area contributed by atoms with Crippen LogP contribution in [0.3, 0.4) is 0 Å². The number of hydrogen-bond donors (Lipinski definition) is 1. The Labute approximate surface area is 102 Å². The fourth-order valence-electron chi connectivity index (χ4n) is 1.61. The first-order chi connectivity index (χ1) is 8.40. The topological polar surface area (TPSA) is 21.3 Å². The third-order valence-corrected chi connectivity index (χ3v) is 2.48. The van der Waals surface area contributed by atoms with Crippen molar-refractivity contribution in [1.29, 1.82) is 0 Å². The van der Waals surface area contributed by atoms with Crippen LogP contribution in [-0.4, -0.2) is 6.54 Å². The maximum absolute atomic E-state index is 5.46. The summed E-state index contributed by atoms with van der Waals surface area (Å²) < 4.78 is 0. The molecule has 88 valence electrons. The molecule has 2 aromatic carbocycles. The van der Waals surface area contributed by atoms with E-state index in [0.717, 1.165) is 18.7 Å². The maximum atomic E-state index is 5.46. The fourth-order valence-corrected chi connectivity index (χ4v) is 1.61. The first-order valence-electron chi connectivity index (χ1n) is 5.95. The molecule has 0 radical (unpaired) electrons. The van der Waals surface area contributed by atoms with Crippen LogP contribution in [-0.2, 0) is 0 Å². The minimum absolute atomic E-state index is 0.847. The lowest BCUT2D eigenvalue weighted by molar-refractivity contribution is 0.196. The van der Waals surface area contributed by atoms with E-state index in [2.05, 4.69) is 30.6 Å². The van der Waals surface area contributed by atoms with Gasteiger partial charge in [0, 0.05) is 6.54 Å². The Kier molecular flexibility index (Phi) is 4.17. The number of rotatable bonds is 5. The molecular formula is C15H17NO. The molecule has 2 aromatic rings. The molecule has 2 nitrogen and oxygen atoms in total. The molecule has 0 amide bonds. The van der Waals surface area contributed by atoms with Crippen LogP contribution in [0, 0.1) is 0 Å². The van der Waals surface area contributed by atoms with E-state index < -0.39 is 0 Å². The lowest BCUT2D eigenvalue weighted by Crippen LogP contribution is -2.18. The van der Waals surface area contributed by atoms with Gasteiger partial charge in [0.1, 0.15) is 5.75 Å². The van der Waals surface area contributed by atoms with Crippen molar-refractivity contribution >= 4 is 0 Å². The van der Waals surface area contributed by atoms with Crippen LogP contribution in [0.1, 0.15) is 13.3 Å². The Hall–Kier alpha value is -1.80. The van der Waals surface area contributed by atoms with Crippen molar-refractivity contribution in [1.82, 2.24) is 5.48 Å². The molecule has 0 aromatic heterocycles. The van der Waals surface area contributed by atoms with E-state index in [9.17, 15) is 0 Å². The van der Waals surface area contributed by atoms with Crippen molar-refractivity contribution in [3.05, 3.63) is 54.6 Å². The van der Waals surface area contributed by atoms with Crippen LogP contribution in [0.25, 0.3) is 11.1 Å². The molecule has 1 N–H and O–H groups in total. The highest BCUT2D eigenvalue weighted by molar-refractivity contribution is 5.64. The second kappa shape index (κ2) is 6.06. The van der Waals surface area contributed by atoms with E-state index in [0.29, 0.717) is 0 Å². The molecule has 0 saturated heterocycles. The van der Waals surface area contributed by atoms with E-state index in [-0.39, 0.29) is 0 Å². The summed E-state index contributed by atoms with van der Waals surface area (Å²) in [6.45, 7) is 2.96. The van der Waals surface area contributed by atoms with E-state index >= 15 is 0 Å². The van der Waals surface area contributed by atoms with E-state index in [1.54, 1.807) is 0 Å². The minimum Gasteiger partial charge on any atom is -0.409 e. The van der Waals surface area contributed by atoms with Gasteiger partial charge in [0.2, 0.25) is 0 Å². The Bertz CT molecular complexity index is 453. The second-order valence-corrected chi connectivity index (χ2v) is 3.89. The van der Waals surface area contributed by atoms with Crippen molar-refractivity contribution in [3.8, 4) is 16.9 Å². The molecule has 0 aliphatic heterocycles. The Balaban J connectivity index is 2.12. The van der Waals surface area contributed by atoms with Gasteiger partial charge in [0.05, 0.1) is 0 Å². The zero-order chi connectivity index (χ0) is 11.9. The summed E-state index contributed by atoms with van der Waals surface area (Å²) in [6, 6.07) is 18.4. The van der Waals surface area contributed by atoms with Gasteiger partial charge in [0.25, 0.3) is 0 Å². The summed E-state index contributed by atoms with van der Waals surface area (Å²) in [5, 5.41) is 0. The normalized spacial score (nSPS) is 10.2. The highest BCUT2D eigenvalue weighted by Gasteiger charge is 1.99. The van der Waals surface area contributed by atoms with Crippen molar-refractivity contribution in [3.63, 3.8) is 0 Å². The molecule has 0 spiro atoms. The summed E-state index contributed by atoms with van der Waals surface area (Å²) in [4.78, 5) is 5.46. The summed E-state index contributed by atoms with van der Waals surface area (Å²) >= 11 is 0. The summed E-state index contributed by atoms with van der Waals surface area (Å²) in [5.41, 5.74) is 5.30. The number of benzene rings is 2. The zero-order valence-electron chi connectivity index (χ0n) is 10.0. The third-order valence-electron chi connectivity index (χ3n) is 2.48. The average molecular weight is 227 g/mol. The average Bonchev–Trinajstić information content (AvgIpc) is 2.41. The van der Waals surface area contributed by atoms with Crippen LogP contribution < -0.4 is 10.3 Å². The second-order valence-electron chi connectivity index (χ2n) is 3.89. The SMILES string of the molecule is CCCNOc1cccc(-c2ccccc2)c1. The standard InChI is InChI=1S/C15H17NO/c1-2-11-16-17-15-10-6-9-14(12-15)13-7-4-3-5-8-13/h3-10,12,16H,2,11H2,1H3. The lowest BCUT2D eigenvalue weighted by atomic mass is 10.1. The maximum Gasteiger partial charge on any atom is 0.147 e. The molecule has 0 aliphatic carbocycles. The van der Waals surface area contributed by atoms with Gasteiger partial charge in [-0.2, -0.15) is 5.48 Å². The molecule has 0 bridgehead atoms. The van der Waals surface area contributed by atoms with Gasteiger partial charge in [-0.3, -0.25) is 0 Å². The number of hydrogen-bond acceptors (Lipinski definition) is 2. The molecule has 2 heteroatoms. The molecule has 0 unspecified atom stereocenters. The Morgan fingerprint density at radius 3 is 2.47 bits per heavy atom. The van der Waals surface area contributed by atoms with Crippen LogP contribution in [0.2, 0.25) is 0 Å². The quantitative estimate of drug-likeness (QED) is 0.622. The lowest BCUT2D eigenvalue weighted by Gasteiger charge is -2.07. The Morgan fingerprint density at radius 1 is 0.941 bits per heavy atom. The molecule has 17 heavy (non-hydrogen) atoms. The minimum atomic E-state index is 0.847. The number of nitrogens with one attached hydrogen (secondary N) is 1. The predicted molar refractivity (Wildman–Crippen MR) is 70.8 cm³/mol. The largest absolute Gasteiger partial charge is 0.409 e. The first kappa shape index (κ1) is 11.7. The monoisotopic (exact) mass is 227 g/mol. The number of hydroxylamine groups is 1. The van der Waals surface area contributed by atoms with Gasteiger partial charge in [0.15, 0.2) is 0 Å². The van der Waals surface area contributed by atoms with Crippen LogP contribution in [0.4, 0.5) is 0 Å². The Morgan fingerprint density at radius 2 is 1.71 bits per heavy atom. The molecular weight excluding hydrogens is 210 g/mol. The van der Waals surface area contributed by atoms with Gasteiger partial charge in [-0.05, 0) is 29.7 Å². The molecule has 0 fully saturated rings. The highest BCUT2D eigenvalue weighted by atomic mass is 16.6. The zero-order valence-corrected chi connectivity index (χ0v) is 10.0. The first-order valence-corrected chi connectivity index (χ1v) is 5.95. The summed E-state index contributed by atoms with van der Waals surface area (Å²) in [7, 11) is 0. The van der Waals surface area contributed by atoms with Gasteiger partial charge in [-0.15, -0.1) is 0 Å². The smallest absolute Gasteiger partial charge is 0.147 e. The molecule has 0 heterocycles. The summed E-state index contributed by atoms with van der Waals surface area (Å²) in [5.74, 6) is 0.847.